The van der Waals surface area contributed by atoms with Crippen LogP contribution in [-0.4, -0.2) is 36.2 Å². The second-order valence-electron chi connectivity index (χ2n) is 4.98. The quantitative estimate of drug-likeness (QED) is 0.832. The Morgan fingerprint density at radius 3 is 2.60 bits per heavy atom. The molecule has 0 amide bonds. The maximum atomic E-state index is 12.9. The monoisotopic (exact) mass is 287 g/mol. The third-order valence-electron chi connectivity index (χ3n) is 3.36. The topological polar surface area (TPSA) is 48.4 Å². The van der Waals surface area contributed by atoms with E-state index in [1.54, 1.807) is 11.7 Å². The molecule has 0 bridgehead atoms. The molecule has 0 atom stereocenters. The number of piperidine rings is 1. The van der Waals surface area contributed by atoms with Gasteiger partial charge in [-0.05, 0) is 31.8 Å². The van der Waals surface area contributed by atoms with Crippen LogP contribution >= 0.6 is 0 Å². The summed E-state index contributed by atoms with van der Waals surface area (Å²) in [7, 11) is -0.605. The van der Waals surface area contributed by atoms with Crippen molar-refractivity contribution in [3.63, 3.8) is 0 Å². The average molecular weight is 287 g/mol. The number of hydrogen-bond acceptors (Lipinski definition) is 4. The van der Waals surface area contributed by atoms with Crippen LogP contribution in [0.3, 0.4) is 0 Å². The van der Waals surface area contributed by atoms with Crippen LogP contribution in [0, 0.1) is 0 Å². The lowest BCUT2D eigenvalue weighted by molar-refractivity contribution is -0.137. The van der Waals surface area contributed by atoms with E-state index in [-0.39, 0.29) is 11.9 Å². The van der Waals surface area contributed by atoms with E-state index >= 15 is 0 Å². The highest BCUT2D eigenvalue weighted by atomic mass is 19.4. The fraction of sp³-hybridized carbons (Fsp3) is 0.583. The van der Waals surface area contributed by atoms with Gasteiger partial charge in [-0.2, -0.15) is 13.2 Å². The minimum Gasteiger partial charge on any atom is -0.437 e. The van der Waals surface area contributed by atoms with Crippen LogP contribution in [0.25, 0.3) is 0 Å². The summed E-state index contributed by atoms with van der Waals surface area (Å²) >= 11 is 0. The van der Waals surface area contributed by atoms with Gasteiger partial charge in [0.05, 0.1) is 5.56 Å². The number of halogens is 3. The highest BCUT2D eigenvalue weighted by Gasteiger charge is 2.36. The van der Waals surface area contributed by atoms with Gasteiger partial charge in [0.15, 0.2) is 0 Å². The summed E-state index contributed by atoms with van der Waals surface area (Å²) in [5.41, 5.74) is -0.693. The number of alkyl halides is 3. The molecule has 1 fully saturated rings. The fourth-order valence-electron chi connectivity index (χ4n) is 2.47. The summed E-state index contributed by atoms with van der Waals surface area (Å²) < 4.78 is 38.8. The summed E-state index contributed by atoms with van der Waals surface area (Å²) in [6.07, 6.45) is -1.65. The second-order valence-corrected chi connectivity index (χ2v) is 4.98. The SMILES string of the molecule is CB(O)NC1CCN(c2ncccc2C(F)(F)F)CC1. The fourth-order valence-corrected chi connectivity index (χ4v) is 2.47. The van der Waals surface area contributed by atoms with Gasteiger partial charge in [-0.15, -0.1) is 0 Å². The largest absolute Gasteiger partial charge is 0.437 e. The van der Waals surface area contributed by atoms with Gasteiger partial charge in [-0.3, -0.25) is 0 Å². The molecular formula is C12H17BF3N3O. The summed E-state index contributed by atoms with van der Waals surface area (Å²) in [5.74, 6) is -0.00417. The highest BCUT2D eigenvalue weighted by molar-refractivity contribution is 6.45. The normalized spacial score (nSPS) is 17.4. The Morgan fingerprint density at radius 2 is 2.05 bits per heavy atom. The Balaban J connectivity index is 2.08. The third-order valence-corrected chi connectivity index (χ3v) is 3.36. The molecule has 2 N–H and O–H groups in total. The second kappa shape index (κ2) is 6.01. The van der Waals surface area contributed by atoms with Crippen molar-refractivity contribution >= 4 is 12.9 Å². The van der Waals surface area contributed by atoms with E-state index in [2.05, 4.69) is 10.2 Å². The molecule has 1 saturated heterocycles. The van der Waals surface area contributed by atoms with Crippen LogP contribution < -0.4 is 10.1 Å². The van der Waals surface area contributed by atoms with Crippen LogP contribution in [0.5, 0.6) is 0 Å². The van der Waals surface area contributed by atoms with E-state index < -0.39 is 18.8 Å². The number of nitrogens with one attached hydrogen (secondary N) is 1. The number of pyridine rings is 1. The van der Waals surface area contributed by atoms with E-state index in [0.717, 1.165) is 6.07 Å². The number of aromatic nitrogens is 1. The average Bonchev–Trinajstić information content (AvgIpc) is 2.38. The Hall–Kier alpha value is -1.28. The van der Waals surface area contributed by atoms with E-state index in [1.165, 1.54) is 12.3 Å². The molecule has 0 aliphatic carbocycles. The predicted octanol–water partition coefficient (Wildman–Crippen LogP) is 1.77. The van der Waals surface area contributed by atoms with Gasteiger partial charge in [0.1, 0.15) is 5.82 Å². The van der Waals surface area contributed by atoms with Gasteiger partial charge in [-0.25, -0.2) is 4.98 Å². The minimum atomic E-state index is -4.39. The summed E-state index contributed by atoms with van der Waals surface area (Å²) in [4.78, 5) is 5.55. The molecule has 1 aromatic heterocycles. The zero-order valence-electron chi connectivity index (χ0n) is 11.2. The summed E-state index contributed by atoms with van der Waals surface area (Å²) in [6.45, 7) is 2.61. The van der Waals surface area contributed by atoms with Gasteiger partial charge in [0.2, 0.25) is 0 Å². The summed E-state index contributed by atoms with van der Waals surface area (Å²) in [6, 6.07) is 2.49. The van der Waals surface area contributed by atoms with Crippen molar-refractivity contribution in [3.05, 3.63) is 23.9 Å². The molecule has 110 valence electrons. The van der Waals surface area contributed by atoms with Gasteiger partial charge in [0.25, 0.3) is 0 Å². The highest BCUT2D eigenvalue weighted by Crippen LogP contribution is 2.35. The Labute approximate surface area is 116 Å². The molecule has 0 aromatic carbocycles. The van der Waals surface area contributed by atoms with Crippen LogP contribution in [-0.2, 0) is 6.18 Å². The molecule has 1 aliphatic heterocycles. The lowest BCUT2D eigenvalue weighted by atomic mass is 9.85. The first kappa shape index (κ1) is 15.1. The van der Waals surface area contributed by atoms with Crippen molar-refractivity contribution < 1.29 is 18.2 Å². The number of anilines is 1. The van der Waals surface area contributed by atoms with Gasteiger partial charge in [-0.1, -0.05) is 0 Å². The lowest BCUT2D eigenvalue weighted by Crippen LogP contribution is -2.47. The van der Waals surface area contributed by atoms with Crippen molar-refractivity contribution in [3.8, 4) is 0 Å². The van der Waals surface area contributed by atoms with Crippen molar-refractivity contribution in [1.82, 2.24) is 10.2 Å². The molecular weight excluding hydrogens is 270 g/mol. The molecule has 0 spiro atoms. The van der Waals surface area contributed by atoms with E-state index in [4.69, 9.17) is 0 Å². The zero-order valence-corrected chi connectivity index (χ0v) is 11.2. The maximum absolute atomic E-state index is 12.9. The molecule has 2 heterocycles. The van der Waals surface area contributed by atoms with Crippen molar-refractivity contribution in [2.24, 2.45) is 0 Å². The molecule has 0 radical (unpaired) electrons. The van der Waals surface area contributed by atoms with Crippen molar-refractivity contribution in [2.75, 3.05) is 18.0 Å². The smallest absolute Gasteiger partial charge is 0.419 e. The predicted molar refractivity (Wildman–Crippen MR) is 71.4 cm³/mol. The van der Waals surface area contributed by atoms with Gasteiger partial charge >= 0.3 is 13.2 Å². The Kier molecular flexibility index (Phi) is 4.54. The standard InChI is InChI=1S/C12H17BF3N3O/c1-13(20)18-9-4-7-19(8-5-9)11-10(12(14,15)16)3-2-6-17-11/h2-3,6,9,18,20H,4-5,7-8H2,1H3. The van der Waals surface area contributed by atoms with Gasteiger partial charge in [0, 0.05) is 25.3 Å². The van der Waals surface area contributed by atoms with E-state index in [0.29, 0.717) is 25.9 Å². The maximum Gasteiger partial charge on any atom is 0.419 e. The molecule has 2 rings (SSSR count). The first-order valence-electron chi connectivity index (χ1n) is 6.59. The first-order valence-corrected chi connectivity index (χ1v) is 6.59. The molecule has 1 aromatic rings. The number of hydrogen-bond donors (Lipinski definition) is 2. The Bertz CT molecular complexity index is 448. The number of nitrogens with zero attached hydrogens (tertiary/aromatic N) is 2. The molecule has 20 heavy (non-hydrogen) atoms. The molecule has 0 saturated carbocycles. The third kappa shape index (κ3) is 3.64. The van der Waals surface area contributed by atoms with Crippen molar-refractivity contribution in [1.29, 1.82) is 0 Å². The molecule has 1 aliphatic rings. The van der Waals surface area contributed by atoms with E-state index in [1.807, 2.05) is 0 Å². The molecule has 8 heteroatoms. The first-order chi connectivity index (χ1) is 9.38. The zero-order chi connectivity index (χ0) is 14.8. The molecule has 4 nitrogen and oxygen atoms in total. The Morgan fingerprint density at radius 1 is 1.40 bits per heavy atom. The van der Waals surface area contributed by atoms with Gasteiger partial charge < -0.3 is 15.2 Å². The van der Waals surface area contributed by atoms with Crippen molar-refractivity contribution in [2.45, 2.75) is 31.9 Å². The summed E-state index contributed by atoms with van der Waals surface area (Å²) in [5, 5.41) is 12.2. The van der Waals surface area contributed by atoms with E-state index in [9.17, 15) is 18.2 Å². The van der Waals surface area contributed by atoms with Crippen LogP contribution in [0.2, 0.25) is 6.82 Å². The minimum absolute atomic E-state index is 0.00417. The van der Waals surface area contributed by atoms with Crippen LogP contribution in [0.4, 0.5) is 19.0 Å². The number of rotatable bonds is 3. The van der Waals surface area contributed by atoms with Crippen LogP contribution in [0.1, 0.15) is 18.4 Å². The molecule has 0 unspecified atom stereocenters. The lowest BCUT2D eigenvalue weighted by Gasteiger charge is -2.34. The van der Waals surface area contributed by atoms with Crippen LogP contribution in [0.15, 0.2) is 18.3 Å².